The number of hydrogen-bond acceptors (Lipinski definition) is 10. The fourth-order valence-electron chi connectivity index (χ4n) is 7.75. The molecule has 7 rings (SSSR count). The smallest absolute Gasteiger partial charge is 0.214 e. The molecule has 0 saturated carbocycles. The number of nitrogens with zero attached hydrogens (tertiary/aromatic N) is 3. The summed E-state index contributed by atoms with van der Waals surface area (Å²) in [5.74, 6) is 2.16. The summed E-state index contributed by atoms with van der Waals surface area (Å²) >= 11 is 0. The molecule has 2 heterocycles. The Kier molecular flexibility index (Phi) is 11.6. The topological polar surface area (TPSA) is 114 Å². The van der Waals surface area contributed by atoms with Gasteiger partial charge in [0.05, 0.1) is 32.0 Å². The predicted octanol–water partition coefficient (Wildman–Crippen LogP) is 8.03. The number of carbonyl (C=O) groups is 2. The number of aryl methyl sites for hydroxylation is 1. The summed E-state index contributed by atoms with van der Waals surface area (Å²) in [5, 5.41) is 6.80. The fraction of sp³-hybridized carbons (Fsp3) is 0.311. The summed E-state index contributed by atoms with van der Waals surface area (Å²) in [7, 11) is 7.14. The van der Waals surface area contributed by atoms with Crippen molar-refractivity contribution in [3.05, 3.63) is 118 Å². The number of hydrogen-bond donors (Lipinski definition) is 2. The second-order valence-electron chi connectivity index (χ2n) is 14.3. The first kappa shape index (κ1) is 38.1. The molecule has 2 N–H and O–H groups in total. The maximum absolute atomic E-state index is 12.1. The number of methoxy groups -OCH3 is 2. The van der Waals surface area contributed by atoms with Crippen LogP contribution < -0.4 is 34.5 Å². The van der Waals surface area contributed by atoms with Gasteiger partial charge in [-0.2, -0.15) is 0 Å². The average Bonchev–Trinajstić information content (AvgIpc) is 3.76. The Morgan fingerprint density at radius 3 is 2.32 bits per heavy atom. The molecule has 2 atom stereocenters. The van der Waals surface area contributed by atoms with Crippen LogP contribution in [-0.2, 0) is 24.4 Å². The Morgan fingerprint density at radius 1 is 0.893 bits per heavy atom. The molecule has 0 saturated heterocycles. The minimum atomic E-state index is 0.00231. The monoisotopic (exact) mass is 755 g/mol. The van der Waals surface area contributed by atoms with Crippen molar-refractivity contribution in [3.8, 4) is 23.0 Å². The molecule has 0 fully saturated rings. The molecule has 11 heteroatoms. The highest BCUT2D eigenvalue weighted by Crippen LogP contribution is 2.38. The maximum Gasteiger partial charge on any atom is 0.214 e. The van der Waals surface area contributed by atoms with Crippen LogP contribution in [-0.4, -0.2) is 70.8 Å². The molecule has 1 amide bonds. The molecule has 0 aromatic heterocycles. The number of ether oxygens (including phenoxy) is 4. The van der Waals surface area contributed by atoms with Crippen molar-refractivity contribution < 1.29 is 28.5 Å². The Bertz CT molecular complexity index is 2200. The number of aldehydes is 1. The molecule has 11 nitrogen and oxygen atoms in total. The number of carbonyl (C=O) groups excluding carboxylic acids is 2. The Balaban J connectivity index is 1.04. The van der Waals surface area contributed by atoms with Crippen LogP contribution in [0.25, 0.3) is 0 Å². The van der Waals surface area contributed by atoms with E-state index in [4.69, 9.17) is 23.9 Å². The summed E-state index contributed by atoms with van der Waals surface area (Å²) < 4.78 is 24.1. The van der Waals surface area contributed by atoms with Gasteiger partial charge in [-0.1, -0.05) is 24.3 Å². The Morgan fingerprint density at radius 2 is 1.62 bits per heavy atom. The van der Waals surface area contributed by atoms with E-state index in [0.717, 1.165) is 72.1 Å². The number of para-hydroxylation sites is 1. The first-order valence-electron chi connectivity index (χ1n) is 18.9. The van der Waals surface area contributed by atoms with Gasteiger partial charge in [-0.15, -0.1) is 0 Å². The standard InChI is InChI=1S/C45H49N5O6/c1-29-14-42(53-4)44(21-38(29)47-24-37-19-33-11-7-9-13-41(33)50(37)28-52)55-26-30-15-31(17-35(16-30)46-2)27-56-45-22-39(34(25-51)20-43(45)54-5)48-23-36-18-32-10-6-8-12-40(32)49(36)3/h7-9,11-17,20-23,25,28,36-37,46-47H,6,10,18-19,24,26-27H2,1-5H3/t36-,37?/m0/s1. The van der Waals surface area contributed by atoms with E-state index in [9.17, 15) is 9.59 Å². The second-order valence-corrected chi connectivity index (χ2v) is 14.3. The van der Waals surface area contributed by atoms with Gasteiger partial charge in [0.25, 0.3) is 0 Å². The second kappa shape index (κ2) is 17.1. The summed E-state index contributed by atoms with van der Waals surface area (Å²) in [6.07, 6.45) is 11.9. The normalized spacial score (nSPS) is 17.2. The van der Waals surface area contributed by atoms with Gasteiger partial charge >= 0.3 is 0 Å². The van der Waals surface area contributed by atoms with E-state index in [0.29, 0.717) is 40.8 Å². The van der Waals surface area contributed by atoms with Crippen LogP contribution in [0.5, 0.6) is 23.0 Å². The van der Waals surface area contributed by atoms with E-state index in [2.05, 4.69) is 40.8 Å². The van der Waals surface area contributed by atoms with Crippen molar-refractivity contribution in [2.45, 2.75) is 57.9 Å². The van der Waals surface area contributed by atoms with Gasteiger partial charge in [-0.25, -0.2) is 0 Å². The van der Waals surface area contributed by atoms with E-state index in [1.165, 1.54) is 16.8 Å². The first-order chi connectivity index (χ1) is 27.3. The molecule has 1 unspecified atom stereocenters. The van der Waals surface area contributed by atoms with Crippen LogP contribution in [0.15, 0.2) is 95.1 Å². The summed E-state index contributed by atoms with van der Waals surface area (Å²) in [6, 6.07) is 21.6. The lowest BCUT2D eigenvalue weighted by Gasteiger charge is -2.23. The molecule has 0 spiro atoms. The number of likely N-dealkylation sites (N-methyl/N-ethyl adjacent to an activating group) is 1. The van der Waals surface area contributed by atoms with E-state index < -0.39 is 0 Å². The molecule has 3 aliphatic rings. The minimum absolute atomic E-state index is 0.00231. The van der Waals surface area contributed by atoms with Crippen molar-refractivity contribution in [1.29, 1.82) is 0 Å². The van der Waals surface area contributed by atoms with Gasteiger partial charge in [0, 0.05) is 67.3 Å². The quantitative estimate of drug-likeness (QED) is 0.0867. The van der Waals surface area contributed by atoms with Crippen LogP contribution in [0.3, 0.4) is 0 Å². The molecule has 56 heavy (non-hydrogen) atoms. The van der Waals surface area contributed by atoms with E-state index >= 15 is 0 Å². The van der Waals surface area contributed by atoms with E-state index in [1.807, 2.05) is 68.7 Å². The van der Waals surface area contributed by atoms with Gasteiger partial charge in [0.2, 0.25) is 6.41 Å². The fourth-order valence-corrected chi connectivity index (χ4v) is 7.75. The number of amides is 1. The molecule has 4 aromatic carbocycles. The lowest BCUT2D eigenvalue weighted by Crippen LogP contribution is -2.36. The average molecular weight is 756 g/mol. The van der Waals surface area contributed by atoms with Crippen molar-refractivity contribution in [2.24, 2.45) is 4.99 Å². The van der Waals surface area contributed by atoms with Crippen LogP contribution in [0, 0.1) is 6.92 Å². The predicted molar refractivity (Wildman–Crippen MR) is 221 cm³/mol. The van der Waals surface area contributed by atoms with E-state index in [1.54, 1.807) is 31.3 Å². The van der Waals surface area contributed by atoms with Gasteiger partial charge < -0.3 is 39.4 Å². The number of fused-ring (bicyclic) bond motifs is 1. The lowest BCUT2D eigenvalue weighted by atomic mass is 10.0. The number of rotatable bonds is 16. The summed E-state index contributed by atoms with van der Waals surface area (Å²) in [4.78, 5) is 32.9. The lowest BCUT2D eigenvalue weighted by molar-refractivity contribution is -0.107. The zero-order valence-electron chi connectivity index (χ0n) is 32.6. The van der Waals surface area contributed by atoms with Crippen molar-refractivity contribution in [3.63, 3.8) is 0 Å². The van der Waals surface area contributed by atoms with Crippen LogP contribution in [0.2, 0.25) is 0 Å². The molecule has 1 aliphatic carbocycles. The van der Waals surface area contributed by atoms with Gasteiger partial charge in [0.1, 0.15) is 13.2 Å². The Labute approximate surface area is 328 Å². The zero-order valence-corrected chi connectivity index (χ0v) is 32.6. The summed E-state index contributed by atoms with van der Waals surface area (Å²) in [6.45, 7) is 3.11. The highest BCUT2D eigenvalue weighted by atomic mass is 16.5. The molecule has 4 aromatic rings. The Hall–Kier alpha value is -6.23. The van der Waals surface area contributed by atoms with Gasteiger partial charge in [-0.05, 0) is 103 Å². The van der Waals surface area contributed by atoms with Crippen LogP contribution >= 0.6 is 0 Å². The molecule has 290 valence electrons. The van der Waals surface area contributed by atoms with Crippen LogP contribution in [0.4, 0.5) is 22.7 Å². The van der Waals surface area contributed by atoms with Crippen LogP contribution in [0.1, 0.15) is 51.9 Å². The third-order valence-corrected chi connectivity index (χ3v) is 10.8. The third-order valence-electron chi connectivity index (χ3n) is 10.8. The number of aliphatic imine (C=N–C) groups is 1. The molecule has 0 bridgehead atoms. The molecular weight excluding hydrogens is 707 g/mol. The maximum atomic E-state index is 12.1. The van der Waals surface area contributed by atoms with Gasteiger partial charge in [-0.3, -0.25) is 14.6 Å². The highest BCUT2D eigenvalue weighted by molar-refractivity contribution is 5.87. The SMILES string of the molecule is CNc1cc(COc2cc(N=C[C@@H]3CC4=C(C=CCC4)N3C)c(C=O)cc2OC)cc(COc2cc(NCC3Cc4ccccc4N3C=O)c(C)cc2OC)c1. The van der Waals surface area contributed by atoms with Crippen molar-refractivity contribution in [1.82, 2.24) is 4.90 Å². The number of anilines is 3. The van der Waals surface area contributed by atoms with Crippen molar-refractivity contribution >= 4 is 41.7 Å². The van der Waals surface area contributed by atoms with E-state index in [-0.39, 0.29) is 25.3 Å². The van der Waals surface area contributed by atoms with Gasteiger partial charge in [0.15, 0.2) is 29.3 Å². The van der Waals surface area contributed by atoms with Crippen molar-refractivity contribution in [2.75, 3.05) is 50.4 Å². The highest BCUT2D eigenvalue weighted by Gasteiger charge is 2.29. The zero-order chi connectivity index (χ0) is 39.2. The number of benzene rings is 4. The molecule has 0 radical (unpaired) electrons. The molecule has 2 aliphatic heterocycles. The number of nitrogens with one attached hydrogen (secondary N) is 2. The first-order valence-corrected chi connectivity index (χ1v) is 18.9. The molecular formula is C45H49N5O6. The largest absolute Gasteiger partial charge is 0.493 e. The third kappa shape index (κ3) is 8.07. The summed E-state index contributed by atoms with van der Waals surface area (Å²) in [5.41, 5.74) is 10.5. The minimum Gasteiger partial charge on any atom is -0.493 e. The number of allylic oxidation sites excluding steroid dienone is 2.